The van der Waals surface area contributed by atoms with Crippen molar-refractivity contribution in [3.05, 3.63) is 36.0 Å². The summed E-state index contributed by atoms with van der Waals surface area (Å²) in [5, 5.41) is 17.8. The van der Waals surface area contributed by atoms with E-state index in [1.165, 1.54) is 12.3 Å². The Morgan fingerprint density at radius 1 is 1.60 bits per heavy atom. The van der Waals surface area contributed by atoms with Crippen molar-refractivity contribution in [1.29, 1.82) is 0 Å². The van der Waals surface area contributed by atoms with Crippen molar-refractivity contribution in [3.63, 3.8) is 0 Å². The summed E-state index contributed by atoms with van der Waals surface area (Å²) in [6.07, 6.45) is 5.71. The zero-order chi connectivity index (χ0) is 14.1. The maximum absolute atomic E-state index is 12.3. The van der Waals surface area contributed by atoms with Gasteiger partial charge in [-0.05, 0) is 18.4 Å². The van der Waals surface area contributed by atoms with Crippen molar-refractivity contribution in [2.24, 2.45) is 7.05 Å². The van der Waals surface area contributed by atoms with E-state index in [9.17, 15) is 9.90 Å². The SMILES string of the molecule is Cn1cc(C[C@H]2[C@@H](O)CCN2C(=O)c2ccno2)cn1. The number of hydrogen-bond acceptors (Lipinski definition) is 5. The van der Waals surface area contributed by atoms with Gasteiger partial charge in [0, 0.05) is 25.9 Å². The molecule has 1 saturated heterocycles. The van der Waals surface area contributed by atoms with Gasteiger partial charge in [-0.15, -0.1) is 0 Å². The van der Waals surface area contributed by atoms with Crippen LogP contribution in [0.4, 0.5) is 0 Å². The van der Waals surface area contributed by atoms with Gasteiger partial charge in [-0.2, -0.15) is 5.10 Å². The first kappa shape index (κ1) is 12.9. The van der Waals surface area contributed by atoms with Gasteiger partial charge in [-0.25, -0.2) is 0 Å². The van der Waals surface area contributed by atoms with Gasteiger partial charge in [0.25, 0.3) is 5.91 Å². The van der Waals surface area contributed by atoms with Crippen LogP contribution in [0.2, 0.25) is 0 Å². The van der Waals surface area contributed by atoms with Crippen LogP contribution in [-0.4, -0.2) is 49.5 Å². The molecule has 20 heavy (non-hydrogen) atoms. The van der Waals surface area contributed by atoms with Gasteiger partial charge in [0.2, 0.25) is 5.76 Å². The monoisotopic (exact) mass is 276 g/mol. The number of aliphatic hydroxyl groups is 1. The third-order valence-electron chi connectivity index (χ3n) is 3.62. The Morgan fingerprint density at radius 3 is 3.10 bits per heavy atom. The van der Waals surface area contributed by atoms with Crippen molar-refractivity contribution in [3.8, 4) is 0 Å². The number of aromatic nitrogens is 3. The van der Waals surface area contributed by atoms with E-state index >= 15 is 0 Å². The topological polar surface area (TPSA) is 84.4 Å². The standard InChI is InChI=1S/C13H16N4O3/c1-16-8-9(7-14-16)6-10-11(18)3-5-17(10)13(19)12-2-4-15-20-12/h2,4,7-8,10-11,18H,3,5-6H2,1H3/t10-,11-/m0/s1. The average Bonchev–Trinajstić information content (AvgIpc) is 3.13. The zero-order valence-corrected chi connectivity index (χ0v) is 11.1. The van der Waals surface area contributed by atoms with Gasteiger partial charge in [-0.1, -0.05) is 5.16 Å². The molecule has 2 aromatic rings. The number of aryl methyl sites for hydroxylation is 1. The van der Waals surface area contributed by atoms with Crippen LogP contribution in [0.15, 0.2) is 29.2 Å². The molecule has 0 bridgehead atoms. The van der Waals surface area contributed by atoms with E-state index in [2.05, 4.69) is 10.3 Å². The van der Waals surface area contributed by atoms with Crippen molar-refractivity contribution < 1.29 is 14.4 Å². The van der Waals surface area contributed by atoms with Crippen LogP contribution in [0, 0.1) is 0 Å². The highest BCUT2D eigenvalue weighted by atomic mass is 16.5. The third kappa shape index (κ3) is 2.32. The Bertz CT molecular complexity index is 593. The molecule has 0 unspecified atom stereocenters. The molecule has 3 heterocycles. The van der Waals surface area contributed by atoms with E-state index in [0.29, 0.717) is 19.4 Å². The lowest BCUT2D eigenvalue weighted by Gasteiger charge is -2.24. The minimum absolute atomic E-state index is 0.204. The quantitative estimate of drug-likeness (QED) is 0.867. The largest absolute Gasteiger partial charge is 0.391 e. The summed E-state index contributed by atoms with van der Waals surface area (Å²) in [5.74, 6) is -0.0248. The van der Waals surface area contributed by atoms with Crippen LogP contribution in [-0.2, 0) is 13.5 Å². The molecule has 7 nitrogen and oxygen atoms in total. The Kier molecular flexibility index (Phi) is 3.27. The molecule has 2 atom stereocenters. The smallest absolute Gasteiger partial charge is 0.292 e. The summed E-state index contributed by atoms with van der Waals surface area (Å²) in [4.78, 5) is 14.0. The van der Waals surface area contributed by atoms with Crippen molar-refractivity contribution >= 4 is 5.91 Å². The van der Waals surface area contributed by atoms with E-state index in [1.54, 1.807) is 15.8 Å². The summed E-state index contributed by atoms with van der Waals surface area (Å²) >= 11 is 0. The lowest BCUT2D eigenvalue weighted by Crippen LogP contribution is -2.40. The summed E-state index contributed by atoms with van der Waals surface area (Å²) in [6, 6.07) is 1.28. The molecule has 1 aliphatic heterocycles. The molecule has 3 rings (SSSR count). The van der Waals surface area contributed by atoms with Crippen molar-refractivity contribution in [2.45, 2.75) is 25.0 Å². The number of hydrogen-bond donors (Lipinski definition) is 1. The van der Waals surface area contributed by atoms with Gasteiger partial charge in [0.15, 0.2) is 0 Å². The molecule has 1 aliphatic rings. The molecule has 1 N–H and O–H groups in total. The molecule has 0 saturated carbocycles. The van der Waals surface area contributed by atoms with E-state index in [4.69, 9.17) is 4.52 Å². The van der Waals surface area contributed by atoms with E-state index in [1.807, 2.05) is 13.2 Å². The fourth-order valence-corrected chi connectivity index (χ4v) is 2.62. The van der Waals surface area contributed by atoms with Crippen LogP contribution >= 0.6 is 0 Å². The van der Waals surface area contributed by atoms with E-state index < -0.39 is 6.10 Å². The van der Waals surface area contributed by atoms with Crippen LogP contribution in [0.3, 0.4) is 0 Å². The van der Waals surface area contributed by atoms with Crippen LogP contribution in [0.5, 0.6) is 0 Å². The number of nitrogens with zero attached hydrogens (tertiary/aromatic N) is 4. The number of likely N-dealkylation sites (tertiary alicyclic amines) is 1. The van der Waals surface area contributed by atoms with Crippen LogP contribution in [0.25, 0.3) is 0 Å². The van der Waals surface area contributed by atoms with E-state index in [-0.39, 0.29) is 17.7 Å². The third-order valence-corrected chi connectivity index (χ3v) is 3.62. The minimum atomic E-state index is -0.526. The Labute approximate surface area is 115 Å². The number of aliphatic hydroxyl groups excluding tert-OH is 1. The molecule has 7 heteroatoms. The highest BCUT2D eigenvalue weighted by molar-refractivity contribution is 5.91. The molecule has 1 fully saturated rings. The summed E-state index contributed by atoms with van der Waals surface area (Å²) in [7, 11) is 1.84. The Balaban J connectivity index is 1.78. The van der Waals surface area contributed by atoms with Gasteiger partial charge >= 0.3 is 0 Å². The maximum atomic E-state index is 12.3. The molecule has 0 spiro atoms. The molecule has 0 aliphatic carbocycles. The minimum Gasteiger partial charge on any atom is -0.391 e. The van der Waals surface area contributed by atoms with Crippen LogP contribution < -0.4 is 0 Å². The Morgan fingerprint density at radius 2 is 2.45 bits per heavy atom. The normalized spacial score (nSPS) is 22.4. The summed E-state index contributed by atoms with van der Waals surface area (Å²) in [6.45, 7) is 0.519. The van der Waals surface area contributed by atoms with Gasteiger partial charge in [0.05, 0.1) is 24.5 Å². The first-order valence-electron chi connectivity index (χ1n) is 6.52. The van der Waals surface area contributed by atoms with Gasteiger partial charge in [0.1, 0.15) is 0 Å². The molecule has 106 valence electrons. The van der Waals surface area contributed by atoms with Gasteiger partial charge < -0.3 is 14.5 Å². The predicted molar refractivity (Wildman–Crippen MR) is 68.9 cm³/mol. The number of carbonyl (C=O) groups excluding carboxylic acids is 1. The zero-order valence-electron chi connectivity index (χ0n) is 11.1. The molecule has 0 aromatic carbocycles. The van der Waals surface area contributed by atoms with Gasteiger partial charge in [-0.3, -0.25) is 9.48 Å². The summed E-state index contributed by atoms with van der Waals surface area (Å²) in [5.41, 5.74) is 0.994. The molecule has 2 aromatic heterocycles. The predicted octanol–water partition coefficient (Wildman–Crippen LogP) is 0.226. The maximum Gasteiger partial charge on any atom is 0.292 e. The number of amides is 1. The second kappa shape index (κ2) is 5.09. The van der Waals surface area contributed by atoms with Crippen molar-refractivity contribution in [2.75, 3.05) is 6.54 Å². The average molecular weight is 276 g/mol. The second-order valence-corrected chi connectivity index (χ2v) is 5.02. The molecule has 0 radical (unpaired) electrons. The summed E-state index contributed by atoms with van der Waals surface area (Å²) < 4.78 is 6.61. The highest BCUT2D eigenvalue weighted by Crippen LogP contribution is 2.23. The van der Waals surface area contributed by atoms with E-state index in [0.717, 1.165) is 5.56 Å². The lowest BCUT2D eigenvalue weighted by atomic mass is 10.0. The molecular formula is C13H16N4O3. The first-order valence-corrected chi connectivity index (χ1v) is 6.52. The fourth-order valence-electron chi connectivity index (χ4n) is 2.62. The second-order valence-electron chi connectivity index (χ2n) is 5.02. The van der Waals surface area contributed by atoms with Crippen molar-refractivity contribution in [1.82, 2.24) is 19.8 Å². The number of rotatable bonds is 3. The van der Waals surface area contributed by atoms with Crippen LogP contribution in [0.1, 0.15) is 22.5 Å². The first-order chi connectivity index (χ1) is 9.65. The lowest BCUT2D eigenvalue weighted by molar-refractivity contribution is 0.0601. The molecular weight excluding hydrogens is 260 g/mol. The number of carbonyl (C=O) groups is 1. The Hall–Kier alpha value is -2.15. The fraction of sp³-hybridized carbons (Fsp3) is 0.462. The highest BCUT2D eigenvalue weighted by Gasteiger charge is 2.37. The molecule has 1 amide bonds.